The van der Waals surface area contributed by atoms with Gasteiger partial charge in [-0.2, -0.15) is 11.8 Å². The summed E-state index contributed by atoms with van der Waals surface area (Å²) in [4.78, 5) is 0. The van der Waals surface area contributed by atoms with Gasteiger partial charge in [0.1, 0.15) is 5.75 Å². The number of hydrogen-bond donors (Lipinski definition) is 1. The number of methoxy groups -OCH3 is 1. The van der Waals surface area contributed by atoms with Gasteiger partial charge in [-0.1, -0.05) is 19.1 Å². The molecule has 0 aliphatic rings. The number of benzene rings is 1. The fraction of sp³-hybridized carbons (Fsp3) is 0.625. The average molecular weight is 281 g/mol. The molecule has 0 spiro atoms. The molecule has 1 atom stereocenters. The minimum absolute atomic E-state index is 0.729. The number of nitrogens with one attached hydrogen (secondary N) is 1. The van der Waals surface area contributed by atoms with Crippen LogP contribution in [0.25, 0.3) is 0 Å². The van der Waals surface area contributed by atoms with E-state index in [9.17, 15) is 0 Å². The van der Waals surface area contributed by atoms with Crippen molar-refractivity contribution in [1.29, 1.82) is 0 Å². The van der Waals surface area contributed by atoms with Gasteiger partial charge in [0.05, 0.1) is 7.11 Å². The van der Waals surface area contributed by atoms with Gasteiger partial charge in [0.15, 0.2) is 0 Å². The van der Waals surface area contributed by atoms with Crippen LogP contribution < -0.4 is 10.1 Å². The molecule has 1 N–H and O–H groups in total. The summed E-state index contributed by atoms with van der Waals surface area (Å²) in [5.41, 5.74) is 1.41. The highest BCUT2D eigenvalue weighted by Crippen LogP contribution is 2.17. The van der Waals surface area contributed by atoms with E-state index in [-0.39, 0.29) is 0 Å². The molecule has 1 aromatic carbocycles. The Bertz CT molecular complexity index is 326. The molecule has 0 bridgehead atoms. The molecule has 1 rings (SSSR count). The van der Waals surface area contributed by atoms with Crippen LogP contribution >= 0.6 is 11.8 Å². The summed E-state index contributed by atoms with van der Waals surface area (Å²) in [5, 5.41) is 3.55. The Hall–Kier alpha value is -0.670. The van der Waals surface area contributed by atoms with Crippen LogP contribution in [0.2, 0.25) is 0 Å². The number of hydrogen-bond acceptors (Lipinski definition) is 3. The van der Waals surface area contributed by atoms with Crippen LogP contribution in [0, 0.1) is 5.92 Å². The molecular weight excluding hydrogens is 254 g/mol. The van der Waals surface area contributed by atoms with Gasteiger partial charge in [-0.25, -0.2) is 0 Å². The van der Waals surface area contributed by atoms with Crippen molar-refractivity contribution in [3.05, 3.63) is 29.8 Å². The lowest BCUT2D eigenvalue weighted by molar-refractivity contribution is 0.414. The first kappa shape index (κ1) is 16.4. The minimum atomic E-state index is 0.729. The second-order valence-electron chi connectivity index (χ2n) is 4.90. The van der Waals surface area contributed by atoms with Gasteiger partial charge in [-0.3, -0.25) is 0 Å². The van der Waals surface area contributed by atoms with Crippen LogP contribution in [0.1, 0.15) is 25.3 Å². The Morgan fingerprint density at radius 2 is 2.00 bits per heavy atom. The van der Waals surface area contributed by atoms with Gasteiger partial charge >= 0.3 is 0 Å². The third-order valence-electron chi connectivity index (χ3n) is 3.27. The van der Waals surface area contributed by atoms with Crippen molar-refractivity contribution in [2.45, 2.75) is 26.2 Å². The molecule has 108 valence electrons. The fourth-order valence-corrected chi connectivity index (χ4v) is 2.71. The number of thioether (sulfide) groups is 1. The lowest BCUT2D eigenvalue weighted by Gasteiger charge is -2.17. The minimum Gasteiger partial charge on any atom is -0.497 e. The molecule has 0 radical (unpaired) electrons. The van der Waals surface area contributed by atoms with E-state index in [0.29, 0.717) is 0 Å². The summed E-state index contributed by atoms with van der Waals surface area (Å²) in [6.07, 6.45) is 5.83. The maximum atomic E-state index is 5.20. The molecule has 2 nitrogen and oxygen atoms in total. The SMILES string of the molecule is CCCNCC(CCSC)Cc1ccc(OC)cc1. The smallest absolute Gasteiger partial charge is 0.118 e. The molecule has 0 aliphatic carbocycles. The van der Waals surface area contributed by atoms with E-state index in [4.69, 9.17) is 4.74 Å². The molecule has 1 unspecified atom stereocenters. The van der Waals surface area contributed by atoms with Crippen molar-refractivity contribution in [1.82, 2.24) is 5.32 Å². The Morgan fingerprint density at radius 1 is 1.26 bits per heavy atom. The molecule has 1 aromatic rings. The van der Waals surface area contributed by atoms with Crippen molar-refractivity contribution in [2.24, 2.45) is 5.92 Å². The Labute approximate surface area is 122 Å². The summed E-state index contributed by atoms with van der Waals surface area (Å²) in [6, 6.07) is 8.48. The van der Waals surface area contributed by atoms with Crippen molar-refractivity contribution >= 4 is 11.8 Å². The standard InChI is InChI=1S/C16H27NOS/c1-4-10-17-13-15(9-11-19-3)12-14-5-7-16(18-2)8-6-14/h5-8,15,17H,4,9-13H2,1-3H3. The molecule has 19 heavy (non-hydrogen) atoms. The normalized spacial score (nSPS) is 12.4. The second kappa shape index (κ2) is 10.2. The second-order valence-corrected chi connectivity index (χ2v) is 5.89. The zero-order valence-corrected chi connectivity index (χ0v) is 13.3. The number of rotatable bonds is 10. The van der Waals surface area contributed by atoms with Crippen LogP contribution in [-0.4, -0.2) is 32.2 Å². The predicted octanol–water partition coefficient (Wildman–Crippen LogP) is 3.61. The molecule has 0 saturated heterocycles. The first-order valence-corrected chi connectivity index (χ1v) is 8.52. The summed E-state index contributed by atoms with van der Waals surface area (Å²) >= 11 is 1.94. The Morgan fingerprint density at radius 3 is 2.58 bits per heavy atom. The molecule has 0 saturated carbocycles. The number of ether oxygens (including phenoxy) is 1. The molecule has 0 amide bonds. The van der Waals surface area contributed by atoms with Crippen molar-refractivity contribution in [2.75, 3.05) is 32.2 Å². The third-order valence-corrected chi connectivity index (χ3v) is 3.92. The van der Waals surface area contributed by atoms with Gasteiger partial charge < -0.3 is 10.1 Å². The lowest BCUT2D eigenvalue weighted by Crippen LogP contribution is -2.25. The van der Waals surface area contributed by atoms with E-state index in [0.717, 1.165) is 31.2 Å². The van der Waals surface area contributed by atoms with Gasteiger partial charge in [-0.05, 0) is 68.0 Å². The Balaban J connectivity index is 2.48. The maximum Gasteiger partial charge on any atom is 0.118 e. The lowest BCUT2D eigenvalue weighted by atomic mass is 9.96. The highest BCUT2D eigenvalue weighted by Gasteiger charge is 2.09. The molecule has 3 heteroatoms. The van der Waals surface area contributed by atoms with Crippen LogP contribution in [0.3, 0.4) is 0 Å². The topological polar surface area (TPSA) is 21.3 Å². The van der Waals surface area contributed by atoms with E-state index in [2.05, 4.69) is 42.8 Å². The van der Waals surface area contributed by atoms with Crippen LogP contribution in [0.4, 0.5) is 0 Å². The van der Waals surface area contributed by atoms with Crippen LogP contribution in [0.5, 0.6) is 5.75 Å². The summed E-state index contributed by atoms with van der Waals surface area (Å²) in [7, 11) is 1.71. The van der Waals surface area contributed by atoms with Crippen molar-refractivity contribution < 1.29 is 4.74 Å². The maximum absolute atomic E-state index is 5.20. The third kappa shape index (κ3) is 6.88. The first-order chi connectivity index (χ1) is 9.30. The van der Waals surface area contributed by atoms with E-state index in [1.807, 2.05) is 11.8 Å². The molecular formula is C16H27NOS. The van der Waals surface area contributed by atoms with E-state index in [1.165, 1.54) is 24.2 Å². The van der Waals surface area contributed by atoms with Gasteiger partial charge in [-0.15, -0.1) is 0 Å². The Kier molecular flexibility index (Phi) is 8.76. The van der Waals surface area contributed by atoms with E-state index < -0.39 is 0 Å². The quantitative estimate of drug-likeness (QED) is 0.662. The van der Waals surface area contributed by atoms with Crippen LogP contribution in [0.15, 0.2) is 24.3 Å². The zero-order chi connectivity index (χ0) is 13.9. The summed E-state index contributed by atoms with van der Waals surface area (Å²) < 4.78 is 5.20. The fourth-order valence-electron chi connectivity index (χ4n) is 2.14. The van der Waals surface area contributed by atoms with E-state index >= 15 is 0 Å². The summed E-state index contributed by atoms with van der Waals surface area (Å²) in [6.45, 7) is 4.46. The van der Waals surface area contributed by atoms with Gasteiger partial charge in [0.2, 0.25) is 0 Å². The monoisotopic (exact) mass is 281 g/mol. The first-order valence-electron chi connectivity index (χ1n) is 7.12. The molecule has 0 fully saturated rings. The van der Waals surface area contributed by atoms with Gasteiger partial charge in [0, 0.05) is 0 Å². The highest BCUT2D eigenvalue weighted by molar-refractivity contribution is 7.98. The zero-order valence-electron chi connectivity index (χ0n) is 12.4. The summed E-state index contributed by atoms with van der Waals surface area (Å²) in [5.74, 6) is 2.91. The molecule has 0 heterocycles. The van der Waals surface area contributed by atoms with Crippen molar-refractivity contribution in [3.8, 4) is 5.75 Å². The van der Waals surface area contributed by atoms with Crippen molar-refractivity contribution in [3.63, 3.8) is 0 Å². The highest BCUT2D eigenvalue weighted by atomic mass is 32.2. The largest absolute Gasteiger partial charge is 0.497 e. The average Bonchev–Trinajstić information content (AvgIpc) is 2.45. The van der Waals surface area contributed by atoms with Gasteiger partial charge in [0.25, 0.3) is 0 Å². The molecule has 0 aliphatic heterocycles. The van der Waals surface area contributed by atoms with Crippen LogP contribution in [-0.2, 0) is 6.42 Å². The predicted molar refractivity (Wildman–Crippen MR) is 86.3 cm³/mol. The van der Waals surface area contributed by atoms with E-state index in [1.54, 1.807) is 7.11 Å². The molecule has 0 aromatic heterocycles.